The van der Waals surface area contributed by atoms with Gasteiger partial charge in [0.2, 0.25) is 0 Å². The minimum absolute atomic E-state index is 0.116. The molecule has 20 heavy (non-hydrogen) atoms. The smallest absolute Gasteiger partial charge is 0.255 e. The zero-order valence-corrected chi connectivity index (χ0v) is 12.9. The van der Waals surface area contributed by atoms with Crippen molar-refractivity contribution in [1.82, 2.24) is 0 Å². The van der Waals surface area contributed by atoms with Crippen molar-refractivity contribution in [3.8, 4) is 0 Å². The van der Waals surface area contributed by atoms with Gasteiger partial charge in [0.1, 0.15) is 0 Å². The number of rotatable bonds is 4. The van der Waals surface area contributed by atoms with Crippen LogP contribution in [0.1, 0.15) is 15.9 Å². The first-order valence-electron chi connectivity index (χ1n) is 6.06. The van der Waals surface area contributed by atoms with Crippen molar-refractivity contribution < 1.29 is 9.90 Å². The summed E-state index contributed by atoms with van der Waals surface area (Å²) in [7, 11) is 0. The van der Waals surface area contributed by atoms with E-state index in [9.17, 15) is 4.79 Å². The first-order valence-corrected chi connectivity index (χ1v) is 7.23. The van der Waals surface area contributed by atoms with Crippen molar-refractivity contribution in [3.63, 3.8) is 0 Å². The largest absolute Gasteiger partial charge is 0.396 e. The van der Waals surface area contributed by atoms with E-state index in [1.807, 2.05) is 24.3 Å². The topological polar surface area (TPSA) is 49.3 Å². The number of amides is 1. The Bertz CT molecular complexity index is 614. The number of anilines is 1. The molecular formula is C15H13BrClNO2. The third-order valence-electron chi connectivity index (χ3n) is 2.79. The van der Waals surface area contributed by atoms with E-state index < -0.39 is 0 Å². The van der Waals surface area contributed by atoms with Gasteiger partial charge in [0, 0.05) is 22.3 Å². The lowest BCUT2D eigenvalue weighted by molar-refractivity contribution is 0.102. The average Bonchev–Trinajstić information content (AvgIpc) is 2.44. The molecule has 2 N–H and O–H groups in total. The standard InChI is InChI=1S/C15H13BrClNO2/c16-13-9-11(3-6-14(13)17)15(20)18-12-4-1-10(2-5-12)7-8-19/h1-6,9,19H,7-8H2,(H,18,20). The van der Waals surface area contributed by atoms with E-state index in [1.54, 1.807) is 18.2 Å². The molecule has 0 heterocycles. The molecule has 3 nitrogen and oxygen atoms in total. The van der Waals surface area contributed by atoms with E-state index in [1.165, 1.54) is 0 Å². The molecule has 0 spiro atoms. The summed E-state index contributed by atoms with van der Waals surface area (Å²) >= 11 is 9.18. The molecule has 0 aliphatic heterocycles. The average molecular weight is 355 g/mol. The van der Waals surface area contributed by atoms with Gasteiger partial charge < -0.3 is 10.4 Å². The maximum Gasteiger partial charge on any atom is 0.255 e. The van der Waals surface area contributed by atoms with Crippen molar-refractivity contribution in [3.05, 3.63) is 63.1 Å². The third-order valence-corrected chi connectivity index (χ3v) is 4.01. The molecule has 2 aromatic carbocycles. The number of hydrogen-bond donors (Lipinski definition) is 2. The van der Waals surface area contributed by atoms with E-state index in [0.29, 0.717) is 27.2 Å². The summed E-state index contributed by atoms with van der Waals surface area (Å²) in [6, 6.07) is 12.4. The Kier molecular flexibility index (Phi) is 5.17. The van der Waals surface area contributed by atoms with E-state index >= 15 is 0 Å². The number of aliphatic hydroxyl groups excluding tert-OH is 1. The van der Waals surface area contributed by atoms with Gasteiger partial charge in [-0.05, 0) is 58.2 Å². The summed E-state index contributed by atoms with van der Waals surface area (Å²) in [6.45, 7) is 0.116. The van der Waals surface area contributed by atoms with Gasteiger partial charge in [0.05, 0.1) is 5.02 Å². The molecule has 0 unspecified atom stereocenters. The van der Waals surface area contributed by atoms with Crippen LogP contribution in [0.25, 0.3) is 0 Å². The summed E-state index contributed by atoms with van der Waals surface area (Å²) in [5.74, 6) is -0.197. The lowest BCUT2D eigenvalue weighted by Crippen LogP contribution is -2.11. The van der Waals surface area contributed by atoms with Crippen molar-refractivity contribution in [2.24, 2.45) is 0 Å². The summed E-state index contributed by atoms with van der Waals surface area (Å²) < 4.78 is 0.685. The summed E-state index contributed by atoms with van der Waals surface area (Å²) in [5.41, 5.74) is 2.27. The van der Waals surface area contributed by atoms with E-state index in [4.69, 9.17) is 16.7 Å². The van der Waals surface area contributed by atoms with Crippen LogP contribution in [0.2, 0.25) is 5.02 Å². The van der Waals surface area contributed by atoms with Gasteiger partial charge in [0.15, 0.2) is 0 Å². The Morgan fingerprint density at radius 2 is 1.90 bits per heavy atom. The van der Waals surface area contributed by atoms with Crippen LogP contribution in [0.4, 0.5) is 5.69 Å². The van der Waals surface area contributed by atoms with Crippen molar-refractivity contribution in [2.45, 2.75) is 6.42 Å². The molecule has 2 rings (SSSR count). The molecule has 0 aromatic heterocycles. The summed E-state index contributed by atoms with van der Waals surface area (Å²) in [6.07, 6.45) is 0.609. The van der Waals surface area contributed by atoms with Crippen molar-refractivity contribution in [2.75, 3.05) is 11.9 Å². The molecule has 2 aromatic rings. The maximum absolute atomic E-state index is 12.1. The fraction of sp³-hybridized carbons (Fsp3) is 0.133. The molecule has 5 heteroatoms. The number of aliphatic hydroxyl groups is 1. The number of benzene rings is 2. The second-order valence-electron chi connectivity index (χ2n) is 4.25. The molecule has 0 aliphatic carbocycles. The Morgan fingerprint density at radius 3 is 2.50 bits per heavy atom. The summed E-state index contributed by atoms with van der Waals surface area (Å²) in [4.78, 5) is 12.1. The number of hydrogen-bond acceptors (Lipinski definition) is 2. The van der Waals surface area contributed by atoms with Gasteiger partial charge in [-0.1, -0.05) is 23.7 Å². The lowest BCUT2D eigenvalue weighted by atomic mass is 10.1. The molecular weight excluding hydrogens is 342 g/mol. The molecule has 0 fully saturated rings. The van der Waals surface area contributed by atoms with E-state index in [2.05, 4.69) is 21.2 Å². The molecule has 0 bridgehead atoms. The van der Waals surface area contributed by atoms with Gasteiger partial charge in [-0.3, -0.25) is 4.79 Å². The second-order valence-corrected chi connectivity index (χ2v) is 5.52. The zero-order valence-electron chi connectivity index (χ0n) is 10.6. The van der Waals surface area contributed by atoms with Crippen LogP contribution in [0.3, 0.4) is 0 Å². The fourth-order valence-corrected chi connectivity index (χ4v) is 2.22. The minimum Gasteiger partial charge on any atom is -0.396 e. The van der Waals surface area contributed by atoms with Gasteiger partial charge >= 0.3 is 0 Å². The Hall–Kier alpha value is -1.36. The molecule has 0 atom stereocenters. The maximum atomic E-state index is 12.1. The Morgan fingerprint density at radius 1 is 1.20 bits per heavy atom. The van der Waals surface area contributed by atoms with Crippen LogP contribution in [0.15, 0.2) is 46.9 Å². The second kappa shape index (κ2) is 6.88. The first kappa shape index (κ1) is 15.0. The predicted octanol–water partition coefficient (Wildman–Crippen LogP) is 3.89. The number of carbonyl (C=O) groups is 1. The monoisotopic (exact) mass is 353 g/mol. The summed E-state index contributed by atoms with van der Waals surface area (Å²) in [5, 5.41) is 12.2. The van der Waals surface area contributed by atoms with E-state index in [-0.39, 0.29) is 12.5 Å². The van der Waals surface area contributed by atoms with Crippen molar-refractivity contribution >= 4 is 39.1 Å². The molecule has 104 valence electrons. The van der Waals surface area contributed by atoms with Crippen LogP contribution < -0.4 is 5.32 Å². The molecule has 0 radical (unpaired) electrons. The van der Waals surface area contributed by atoms with Crippen LogP contribution in [0.5, 0.6) is 0 Å². The highest BCUT2D eigenvalue weighted by molar-refractivity contribution is 9.10. The SMILES string of the molecule is O=C(Nc1ccc(CCO)cc1)c1ccc(Cl)c(Br)c1. The van der Waals surface area contributed by atoms with Crippen molar-refractivity contribution in [1.29, 1.82) is 0 Å². The third kappa shape index (κ3) is 3.82. The highest BCUT2D eigenvalue weighted by Crippen LogP contribution is 2.23. The molecule has 1 amide bonds. The highest BCUT2D eigenvalue weighted by atomic mass is 79.9. The highest BCUT2D eigenvalue weighted by Gasteiger charge is 2.08. The lowest BCUT2D eigenvalue weighted by Gasteiger charge is -2.07. The van der Waals surface area contributed by atoms with Crippen LogP contribution in [-0.2, 0) is 6.42 Å². The zero-order chi connectivity index (χ0) is 14.5. The van der Waals surface area contributed by atoms with Gasteiger partial charge in [0.25, 0.3) is 5.91 Å². The van der Waals surface area contributed by atoms with Gasteiger partial charge in [-0.25, -0.2) is 0 Å². The molecule has 0 saturated heterocycles. The Labute approximate surface area is 130 Å². The Balaban J connectivity index is 2.08. The number of halogens is 2. The van der Waals surface area contributed by atoms with Gasteiger partial charge in [-0.15, -0.1) is 0 Å². The first-order chi connectivity index (χ1) is 9.60. The van der Waals surface area contributed by atoms with E-state index in [0.717, 1.165) is 5.56 Å². The number of nitrogens with one attached hydrogen (secondary N) is 1. The number of carbonyl (C=O) groups excluding carboxylic acids is 1. The molecule has 0 aliphatic rings. The quantitative estimate of drug-likeness (QED) is 0.875. The van der Waals surface area contributed by atoms with Crippen LogP contribution in [-0.4, -0.2) is 17.6 Å². The van der Waals surface area contributed by atoms with Crippen LogP contribution >= 0.6 is 27.5 Å². The molecule has 0 saturated carbocycles. The van der Waals surface area contributed by atoms with Gasteiger partial charge in [-0.2, -0.15) is 0 Å². The van der Waals surface area contributed by atoms with Crippen LogP contribution in [0, 0.1) is 0 Å². The normalized spacial score (nSPS) is 10.3. The predicted molar refractivity (Wildman–Crippen MR) is 84.3 cm³/mol. The minimum atomic E-state index is -0.197. The fourth-order valence-electron chi connectivity index (χ4n) is 1.72.